The van der Waals surface area contributed by atoms with Gasteiger partial charge < -0.3 is 9.64 Å². The maximum atomic E-state index is 12.6. The third-order valence-corrected chi connectivity index (χ3v) is 4.54. The summed E-state index contributed by atoms with van der Waals surface area (Å²) in [6.45, 7) is 9.16. The molecule has 0 atom stereocenters. The fourth-order valence-corrected chi connectivity index (χ4v) is 3.07. The molecule has 0 fully saturated rings. The van der Waals surface area contributed by atoms with Crippen LogP contribution in [0.15, 0.2) is 60.7 Å². The number of nitrogens with zero attached hydrogens (tertiary/aromatic N) is 4. The largest absolute Gasteiger partial charge is 0.472 e. The first kappa shape index (κ1) is 16.9. The van der Waals surface area contributed by atoms with E-state index in [9.17, 15) is 4.79 Å². The molecule has 1 amide bonds. The van der Waals surface area contributed by atoms with Crippen molar-refractivity contribution in [3.8, 4) is 5.88 Å². The van der Waals surface area contributed by atoms with E-state index in [4.69, 9.17) is 11.3 Å². The Bertz CT molecular complexity index is 987. The average molecular weight is 358 g/mol. The van der Waals surface area contributed by atoms with Crippen molar-refractivity contribution in [1.82, 2.24) is 14.7 Å². The molecule has 0 bridgehead atoms. The number of aromatic nitrogens is 2. The summed E-state index contributed by atoms with van der Waals surface area (Å²) >= 11 is 0. The lowest BCUT2D eigenvalue weighted by Gasteiger charge is -2.27. The van der Waals surface area contributed by atoms with Gasteiger partial charge in [-0.2, -0.15) is 0 Å². The van der Waals surface area contributed by atoms with Crippen LogP contribution in [-0.4, -0.2) is 27.1 Å². The second-order valence-electron chi connectivity index (χ2n) is 6.36. The summed E-state index contributed by atoms with van der Waals surface area (Å²) < 4.78 is 7.68. The molecule has 1 aliphatic heterocycles. The first-order valence-electron chi connectivity index (χ1n) is 8.73. The van der Waals surface area contributed by atoms with Gasteiger partial charge in [0.15, 0.2) is 5.69 Å². The molecule has 2 heterocycles. The van der Waals surface area contributed by atoms with Crippen molar-refractivity contribution in [2.75, 3.05) is 6.54 Å². The summed E-state index contributed by atoms with van der Waals surface area (Å²) in [6.07, 6.45) is 0. The lowest BCUT2D eigenvalue weighted by molar-refractivity contribution is 0.0706. The van der Waals surface area contributed by atoms with Gasteiger partial charge in [-0.25, -0.2) is 4.85 Å². The van der Waals surface area contributed by atoms with E-state index < -0.39 is 0 Å². The fraction of sp³-hybridized carbons (Fsp3) is 0.190. The molecule has 4 rings (SSSR count). The van der Waals surface area contributed by atoms with Crippen molar-refractivity contribution in [2.24, 2.45) is 0 Å². The van der Waals surface area contributed by atoms with Crippen LogP contribution >= 0.6 is 0 Å². The van der Waals surface area contributed by atoms with Crippen LogP contribution in [0.1, 0.15) is 21.6 Å². The molecule has 0 saturated heterocycles. The Balaban J connectivity index is 1.41. The minimum atomic E-state index is 0.0328. The molecular formula is C21H18N4O2. The normalized spacial score (nSPS) is 12.9. The number of carbonyl (C=O) groups excluding carboxylic acids is 1. The van der Waals surface area contributed by atoms with Gasteiger partial charge in [0.1, 0.15) is 6.61 Å². The third-order valence-electron chi connectivity index (χ3n) is 4.54. The van der Waals surface area contributed by atoms with Crippen molar-refractivity contribution in [2.45, 2.75) is 19.7 Å². The van der Waals surface area contributed by atoms with Crippen LogP contribution in [0.5, 0.6) is 5.88 Å². The third kappa shape index (κ3) is 3.67. The van der Waals surface area contributed by atoms with Crippen LogP contribution in [0.4, 0.5) is 5.69 Å². The average Bonchev–Trinajstić information content (AvgIpc) is 3.15. The van der Waals surface area contributed by atoms with Gasteiger partial charge in [-0.3, -0.25) is 9.48 Å². The predicted molar refractivity (Wildman–Crippen MR) is 100 cm³/mol. The van der Waals surface area contributed by atoms with Gasteiger partial charge >= 0.3 is 0 Å². The molecule has 6 nitrogen and oxygen atoms in total. The number of amides is 1. The smallest absolute Gasteiger partial charge is 0.254 e. The Morgan fingerprint density at radius 3 is 2.63 bits per heavy atom. The summed E-state index contributed by atoms with van der Waals surface area (Å²) in [4.78, 5) is 17.8. The van der Waals surface area contributed by atoms with Gasteiger partial charge in [0.25, 0.3) is 5.91 Å². The van der Waals surface area contributed by atoms with Crippen LogP contribution in [0.3, 0.4) is 0 Å². The van der Waals surface area contributed by atoms with E-state index in [1.807, 2.05) is 58.1 Å². The van der Waals surface area contributed by atoms with Crippen LogP contribution in [0.25, 0.3) is 4.85 Å². The topological polar surface area (TPSA) is 51.7 Å². The molecular weight excluding hydrogens is 340 g/mol. The summed E-state index contributed by atoms with van der Waals surface area (Å²) in [5, 5.41) is 4.47. The number of ether oxygens (including phenoxy) is 1. The zero-order valence-corrected chi connectivity index (χ0v) is 14.7. The lowest BCUT2D eigenvalue weighted by atomic mass is 10.2. The number of hydrogen-bond acceptors (Lipinski definition) is 3. The predicted octanol–water partition coefficient (Wildman–Crippen LogP) is 3.67. The Morgan fingerprint density at radius 2 is 1.89 bits per heavy atom. The molecule has 2 aromatic carbocycles. The minimum Gasteiger partial charge on any atom is -0.472 e. The van der Waals surface area contributed by atoms with E-state index in [0.29, 0.717) is 43.4 Å². The van der Waals surface area contributed by atoms with Gasteiger partial charge in [-0.05, 0) is 17.7 Å². The Kier molecular flexibility index (Phi) is 4.58. The van der Waals surface area contributed by atoms with Gasteiger partial charge in [0.2, 0.25) is 5.88 Å². The molecule has 134 valence electrons. The summed E-state index contributed by atoms with van der Waals surface area (Å²) in [6, 6.07) is 18.5. The standard InChI is InChI=1S/C21H18N4O2/c1-22-18-9-7-16(8-10-18)15-27-20-13-19-14-24(11-12-25(19)23-20)21(26)17-5-3-2-4-6-17/h2-10,13H,11-12,14-15H2. The highest BCUT2D eigenvalue weighted by Crippen LogP contribution is 2.21. The zero-order chi connectivity index (χ0) is 18.6. The number of benzene rings is 2. The minimum absolute atomic E-state index is 0.0328. The van der Waals surface area contributed by atoms with Crippen molar-refractivity contribution in [3.63, 3.8) is 0 Å². The number of fused-ring (bicyclic) bond motifs is 1. The fourth-order valence-electron chi connectivity index (χ4n) is 3.07. The van der Waals surface area contributed by atoms with Crippen molar-refractivity contribution >= 4 is 11.6 Å². The van der Waals surface area contributed by atoms with Crippen molar-refractivity contribution < 1.29 is 9.53 Å². The molecule has 1 aliphatic rings. The van der Waals surface area contributed by atoms with Gasteiger partial charge in [-0.1, -0.05) is 42.5 Å². The summed E-state index contributed by atoms with van der Waals surface area (Å²) in [5.74, 6) is 0.582. The Hall–Kier alpha value is -3.59. The summed E-state index contributed by atoms with van der Waals surface area (Å²) in [5.41, 5.74) is 3.25. The van der Waals surface area contributed by atoms with Gasteiger partial charge in [0, 0.05) is 18.2 Å². The molecule has 0 aliphatic carbocycles. The molecule has 27 heavy (non-hydrogen) atoms. The van der Waals surface area contributed by atoms with Crippen LogP contribution in [-0.2, 0) is 19.7 Å². The van der Waals surface area contributed by atoms with Crippen LogP contribution in [0.2, 0.25) is 0 Å². The first-order chi connectivity index (χ1) is 13.2. The molecule has 0 radical (unpaired) electrons. The molecule has 6 heteroatoms. The van der Waals surface area contributed by atoms with Crippen LogP contribution < -0.4 is 4.74 Å². The van der Waals surface area contributed by atoms with Gasteiger partial charge in [0.05, 0.1) is 25.4 Å². The summed E-state index contributed by atoms with van der Waals surface area (Å²) in [7, 11) is 0. The van der Waals surface area contributed by atoms with E-state index in [0.717, 1.165) is 11.3 Å². The highest BCUT2D eigenvalue weighted by molar-refractivity contribution is 5.94. The molecule has 0 saturated carbocycles. The van der Waals surface area contributed by atoms with E-state index in [-0.39, 0.29) is 5.91 Å². The maximum absolute atomic E-state index is 12.6. The molecule has 1 aromatic heterocycles. The second-order valence-corrected chi connectivity index (χ2v) is 6.36. The van der Waals surface area contributed by atoms with Crippen molar-refractivity contribution in [3.05, 3.63) is 88.9 Å². The molecule has 0 spiro atoms. The van der Waals surface area contributed by atoms with Crippen LogP contribution in [0, 0.1) is 6.57 Å². The maximum Gasteiger partial charge on any atom is 0.254 e. The SMILES string of the molecule is [C-]#[N+]c1ccc(COc2cc3n(n2)CCN(C(=O)c2ccccc2)C3)cc1. The molecule has 0 N–H and O–H groups in total. The first-order valence-corrected chi connectivity index (χ1v) is 8.73. The lowest BCUT2D eigenvalue weighted by Crippen LogP contribution is -2.38. The number of rotatable bonds is 4. The molecule has 3 aromatic rings. The Labute approximate surface area is 157 Å². The van der Waals surface area contributed by atoms with E-state index in [1.54, 1.807) is 12.1 Å². The zero-order valence-electron chi connectivity index (χ0n) is 14.7. The van der Waals surface area contributed by atoms with E-state index >= 15 is 0 Å². The monoisotopic (exact) mass is 358 g/mol. The number of carbonyl (C=O) groups is 1. The van der Waals surface area contributed by atoms with E-state index in [1.165, 1.54) is 0 Å². The van der Waals surface area contributed by atoms with Gasteiger partial charge in [-0.15, -0.1) is 5.10 Å². The highest BCUT2D eigenvalue weighted by Gasteiger charge is 2.23. The van der Waals surface area contributed by atoms with E-state index in [2.05, 4.69) is 9.94 Å². The Morgan fingerprint density at radius 1 is 1.11 bits per heavy atom. The second kappa shape index (κ2) is 7.34. The van der Waals surface area contributed by atoms with Crippen molar-refractivity contribution in [1.29, 1.82) is 0 Å². The highest BCUT2D eigenvalue weighted by atomic mass is 16.5. The quantitative estimate of drug-likeness (QED) is 0.669. The number of hydrogen-bond donors (Lipinski definition) is 0. The molecule has 0 unspecified atom stereocenters.